The van der Waals surface area contributed by atoms with Gasteiger partial charge in [-0.05, 0) is 31.9 Å². The van der Waals surface area contributed by atoms with Gasteiger partial charge in [-0.15, -0.1) is 11.3 Å². The van der Waals surface area contributed by atoms with Gasteiger partial charge in [0, 0.05) is 11.1 Å². The van der Waals surface area contributed by atoms with E-state index in [1.54, 1.807) is 0 Å². The third kappa shape index (κ3) is 3.02. The molecule has 2 aromatic rings. The van der Waals surface area contributed by atoms with Crippen LogP contribution in [0.5, 0.6) is 0 Å². The predicted molar refractivity (Wildman–Crippen MR) is 83.7 cm³/mol. The number of hydrogen-bond donors (Lipinski definition) is 1. The third-order valence-corrected chi connectivity index (χ3v) is 6.75. The second-order valence-corrected chi connectivity index (χ2v) is 8.22. The molecule has 1 fully saturated rings. The van der Waals surface area contributed by atoms with Gasteiger partial charge in [0.1, 0.15) is 16.6 Å². The second-order valence-electron chi connectivity index (χ2n) is 5.74. The van der Waals surface area contributed by atoms with Crippen molar-refractivity contribution in [2.45, 2.75) is 43.0 Å². The van der Waals surface area contributed by atoms with Gasteiger partial charge in [-0.2, -0.15) is 4.72 Å². The van der Waals surface area contributed by atoms with Crippen molar-refractivity contribution in [2.75, 3.05) is 0 Å². The summed E-state index contributed by atoms with van der Waals surface area (Å²) in [6.45, 7) is 1.83. The molecule has 0 radical (unpaired) electrons. The first-order valence-electron chi connectivity index (χ1n) is 7.25. The fourth-order valence-electron chi connectivity index (χ4n) is 2.96. The molecule has 0 saturated heterocycles. The molecule has 8 heteroatoms. The highest BCUT2D eigenvalue weighted by atomic mass is 32.2. The van der Waals surface area contributed by atoms with E-state index in [0.717, 1.165) is 36.7 Å². The van der Waals surface area contributed by atoms with Crippen molar-refractivity contribution in [3.63, 3.8) is 0 Å². The summed E-state index contributed by atoms with van der Waals surface area (Å²) in [7, 11) is -4.34. The normalized spacial score (nSPS) is 17.5. The molecule has 4 nitrogen and oxygen atoms in total. The molecule has 0 amide bonds. The number of aromatic nitrogens is 1. The molecule has 23 heavy (non-hydrogen) atoms. The van der Waals surface area contributed by atoms with Gasteiger partial charge in [-0.25, -0.2) is 22.2 Å². The first-order chi connectivity index (χ1) is 10.8. The van der Waals surface area contributed by atoms with E-state index in [0.29, 0.717) is 17.8 Å². The quantitative estimate of drug-likeness (QED) is 0.910. The number of sulfonamides is 1. The van der Waals surface area contributed by atoms with Crippen molar-refractivity contribution >= 4 is 21.4 Å². The van der Waals surface area contributed by atoms with Crippen LogP contribution in [0, 0.1) is 18.6 Å². The molecule has 0 unspecified atom stereocenters. The lowest BCUT2D eigenvalue weighted by Gasteiger charge is -2.28. The van der Waals surface area contributed by atoms with Crippen LogP contribution >= 0.6 is 11.3 Å². The van der Waals surface area contributed by atoms with Gasteiger partial charge in [0.25, 0.3) is 0 Å². The number of halogens is 2. The van der Waals surface area contributed by atoms with Gasteiger partial charge in [-0.3, -0.25) is 0 Å². The molecule has 3 rings (SSSR count). The summed E-state index contributed by atoms with van der Waals surface area (Å²) in [5.41, 5.74) is -0.0838. The number of hydrogen-bond acceptors (Lipinski definition) is 4. The Morgan fingerprint density at radius 2 is 1.83 bits per heavy atom. The van der Waals surface area contributed by atoms with Crippen LogP contribution in [0.1, 0.15) is 36.4 Å². The fraction of sp³-hybridized carbons (Fsp3) is 0.400. The average molecular weight is 358 g/mol. The summed E-state index contributed by atoms with van der Waals surface area (Å²) in [4.78, 5) is 3.46. The number of nitrogens with zero attached hydrogens (tertiary/aromatic N) is 1. The zero-order valence-corrected chi connectivity index (χ0v) is 14.1. The number of aryl methyl sites for hydroxylation is 1. The van der Waals surface area contributed by atoms with E-state index >= 15 is 0 Å². The van der Waals surface area contributed by atoms with E-state index in [1.807, 2.05) is 12.3 Å². The molecule has 1 aliphatic carbocycles. The van der Waals surface area contributed by atoms with E-state index in [2.05, 4.69) is 9.71 Å². The largest absolute Gasteiger partial charge is 0.247 e. The summed E-state index contributed by atoms with van der Waals surface area (Å²) >= 11 is 1.36. The van der Waals surface area contributed by atoms with E-state index < -0.39 is 32.1 Å². The van der Waals surface area contributed by atoms with E-state index in [1.165, 1.54) is 11.3 Å². The van der Waals surface area contributed by atoms with Crippen LogP contribution in [0.15, 0.2) is 28.5 Å². The molecule has 0 bridgehead atoms. The van der Waals surface area contributed by atoms with Gasteiger partial charge in [0.15, 0.2) is 4.90 Å². The number of thiazole rings is 1. The van der Waals surface area contributed by atoms with Crippen LogP contribution in [0.2, 0.25) is 0 Å². The highest BCUT2D eigenvalue weighted by Crippen LogP contribution is 2.41. The summed E-state index contributed by atoms with van der Waals surface area (Å²) in [6, 6.07) is 3.01. The Kier molecular flexibility index (Phi) is 4.24. The topological polar surface area (TPSA) is 59.1 Å². The van der Waals surface area contributed by atoms with Crippen LogP contribution in [0.3, 0.4) is 0 Å². The molecule has 1 aromatic carbocycles. The maximum Gasteiger partial charge on any atom is 0.247 e. The Hall–Kier alpha value is -1.38. The van der Waals surface area contributed by atoms with Crippen molar-refractivity contribution in [3.8, 4) is 0 Å². The highest BCUT2D eigenvalue weighted by Gasteiger charge is 2.43. The van der Waals surface area contributed by atoms with Gasteiger partial charge in [0.2, 0.25) is 10.0 Å². The van der Waals surface area contributed by atoms with Crippen LogP contribution in [0.4, 0.5) is 8.78 Å². The molecule has 1 saturated carbocycles. The summed E-state index contributed by atoms with van der Waals surface area (Å²) in [5, 5.41) is 2.49. The van der Waals surface area contributed by atoms with Gasteiger partial charge in [0.05, 0.1) is 5.54 Å². The summed E-state index contributed by atoms with van der Waals surface area (Å²) < 4.78 is 55.5. The zero-order chi connectivity index (χ0) is 16.7. The number of rotatable bonds is 4. The predicted octanol–water partition coefficient (Wildman–Crippen LogP) is 3.48. The maximum absolute atomic E-state index is 13.9. The van der Waals surface area contributed by atoms with E-state index in [9.17, 15) is 17.2 Å². The van der Waals surface area contributed by atoms with Crippen molar-refractivity contribution < 1.29 is 17.2 Å². The molecule has 0 atom stereocenters. The molecular weight excluding hydrogens is 342 g/mol. The van der Waals surface area contributed by atoms with Crippen LogP contribution < -0.4 is 4.72 Å². The average Bonchev–Trinajstić information content (AvgIpc) is 3.08. The Morgan fingerprint density at radius 1 is 1.22 bits per heavy atom. The molecule has 0 spiro atoms. The van der Waals surface area contributed by atoms with Gasteiger partial charge < -0.3 is 0 Å². The minimum Gasteiger partial charge on any atom is -0.245 e. The molecule has 0 aliphatic heterocycles. The van der Waals surface area contributed by atoms with Gasteiger partial charge in [-0.1, -0.05) is 18.9 Å². The minimum atomic E-state index is -4.34. The molecule has 124 valence electrons. The van der Waals surface area contributed by atoms with Crippen molar-refractivity contribution in [1.82, 2.24) is 9.71 Å². The Bertz CT molecular complexity index is 808. The molecule has 1 heterocycles. The molecular formula is C15H16F2N2O2S2. The lowest BCUT2D eigenvalue weighted by molar-refractivity contribution is 0.398. The van der Waals surface area contributed by atoms with Crippen molar-refractivity contribution in [2.24, 2.45) is 0 Å². The first kappa shape index (κ1) is 16.5. The van der Waals surface area contributed by atoms with Crippen LogP contribution in [-0.2, 0) is 15.6 Å². The van der Waals surface area contributed by atoms with E-state index in [-0.39, 0.29) is 0 Å². The van der Waals surface area contributed by atoms with Crippen LogP contribution in [0.25, 0.3) is 0 Å². The minimum absolute atomic E-state index is 0.565. The molecule has 1 N–H and O–H groups in total. The third-order valence-electron chi connectivity index (χ3n) is 4.00. The zero-order valence-electron chi connectivity index (χ0n) is 12.5. The fourth-order valence-corrected chi connectivity index (χ4v) is 5.60. The SMILES string of the molecule is Cc1csc(C2(NS(=O)(=O)c3c(F)cccc3F)CCCC2)n1. The number of nitrogens with one attached hydrogen (secondary N) is 1. The molecule has 1 aromatic heterocycles. The summed E-state index contributed by atoms with van der Waals surface area (Å²) in [5.74, 6) is -2.19. The lowest BCUT2D eigenvalue weighted by Crippen LogP contribution is -2.44. The van der Waals surface area contributed by atoms with Crippen molar-refractivity contribution in [1.29, 1.82) is 0 Å². The lowest BCUT2D eigenvalue weighted by atomic mass is 10.0. The van der Waals surface area contributed by atoms with Gasteiger partial charge >= 0.3 is 0 Å². The van der Waals surface area contributed by atoms with Crippen LogP contribution in [-0.4, -0.2) is 13.4 Å². The standard InChI is InChI=1S/C15H16F2N2O2S2/c1-10-9-22-14(18-10)15(7-2-3-8-15)19-23(20,21)13-11(16)5-4-6-12(13)17/h4-6,9,19H,2-3,7-8H2,1H3. The summed E-state index contributed by atoms with van der Waals surface area (Å²) in [6.07, 6.45) is 2.80. The highest BCUT2D eigenvalue weighted by molar-refractivity contribution is 7.89. The number of benzene rings is 1. The monoisotopic (exact) mass is 358 g/mol. The Morgan fingerprint density at radius 3 is 2.35 bits per heavy atom. The second kappa shape index (κ2) is 5.92. The Labute approximate surface area is 137 Å². The first-order valence-corrected chi connectivity index (χ1v) is 9.61. The maximum atomic E-state index is 13.9. The molecule has 1 aliphatic rings. The van der Waals surface area contributed by atoms with E-state index in [4.69, 9.17) is 0 Å². The Balaban J connectivity index is 2.04. The van der Waals surface area contributed by atoms with Crippen molar-refractivity contribution in [3.05, 3.63) is 45.9 Å². The smallest absolute Gasteiger partial charge is 0.245 e.